The summed E-state index contributed by atoms with van der Waals surface area (Å²) in [5, 5.41) is 4.40. The van der Waals surface area contributed by atoms with Crippen LogP contribution >= 0.6 is 11.8 Å². The third kappa shape index (κ3) is 3.81. The van der Waals surface area contributed by atoms with Gasteiger partial charge in [-0.25, -0.2) is 0 Å². The first-order valence-electron chi connectivity index (χ1n) is 5.00. The first-order chi connectivity index (χ1) is 5.74. The smallest absolute Gasteiger partial charge is 0.0184 e. The highest BCUT2D eigenvalue weighted by Crippen LogP contribution is 2.22. The summed E-state index contributed by atoms with van der Waals surface area (Å²) in [4.78, 5) is 0. The molecule has 1 aliphatic rings. The Kier molecular flexibility index (Phi) is 6.96. The summed E-state index contributed by atoms with van der Waals surface area (Å²) in [6, 6.07) is 0.775. The second-order valence-corrected chi connectivity index (χ2v) is 4.49. The molecule has 0 aromatic heterocycles. The van der Waals surface area contributed by atoms with Crippen LogP contribution in [0.2, 0.25) is 0 Å². The molecule has 1 N–H and O–H groups in total. The zero-order valence-corrected chi connectivity index (χ0v) is 9.87. The van der Waals surface area contributed by atoms with Gasteiger partial charge < -0.3 is 5.32 Å². The highest BCUT2D eigenvalue weighted by atomic mass is 32.2. The van der Waals surface area contributed by atoms with Crippen molar-refractivity contribution in [3.63, 3.8) is 0 Å². The van der Waals surface area contributed by atoms with Gasteiger partial charge in [0.2, 0.25) is 0 Å². The van der Waals surface area contributed by atoms with E-state index in [0.717, 1.165) is 17.2 Å². The molecule has 0 radical (unpaired) electrons. The van der Waals surface area contributed by atoms with Gasteiger partial charge in [0.1, 0.15) is 0 Å². The fraction of sp³-hybridized carbons (Fsp3) is 1.00. The number of nitrogens with one attached hydrogen (secondary N) is 1. The standard InChI is InChI=1S/C8H17NS.C2H6/c1-6(2)8-4-7(10-3)5-9-8;1-2/h6-9H,4-5H2,1-3H3;1-2H3. The summed E-state index contributed by atoms with van der Waals surface area (Å²) in [6.45, 7) is 9.80. The Hall–Kier alpha value is 0.310. The van der Waals surface area contributed by atoms with Gasteiger partial charge >= 0.3 is 0 Å². The Morgan fingerprint density at radius 2 is 1.92 bits per heavy atom. The van der Waals surface area contributed by atoms with Gasteiger partial charge in [-0.3, -0.25) is 0 Å². The summed E-state index contributed by atoms with van der Waals surface area (Å²) in [5.74, 6) is 0.803. The SMILES string of the molecule is CC.CSC1CNC(C(C)C)C1. The molecule has 1 saturated heterocycles. The topological polar surface area (TPSA) is 12.0 Å². The van der Waals surface area contributed by atoms with Crippen LogP contribution in [0, 0.1) is 5.92 Å². The summed E-state index contributed by atoms with van der Waals surface area (Å²) in [7, 11) is 0. The minimum atomic E-state index is 0.775. The average molecular weight is 189 g/mol. The maximum atomic E-state index is 3.54. The molecular weight excluding hydrogens is 166 g/mol. The van der Waals surface area contributed by atoms with Crippen LogP contribution in [0.1, 0.15) is 34.1 Å². The second kappa shape index (κ2) is 6.79. The molecule has 0 aliphatic carbocycles. The van der Waals surface area contributed by atoms with Gasteiger partial charge in [-0.2, -0.15) is 11.8 Å². The summed E-state index contributed by atoms with van der Waals surface area (Å²) >= 11 is 1.99. The minimum Gasteiger partial charge on any atom is -0.313 e. The van der Waals surface area contributed by atoms with E-state index in [1.807, 2.05) is 25.6 Å². The first-order valence-corrected chi connectivity index (χ1v) is 6.29. The third-order valence-electron chi connectivity index (χ3n) is 2.26. The second-order valence-electron chi connectivity index (χ2n) is 3.35. The molecule has 1 heterocycles. The molecule has 0 spiro atoms. The summed E-state index contributed by atoms with van der Waals surface area (Å²) in [6.07, 6.45) is 3.56. The number of hydrogen-bond acceptors (Lipinski definition) is 2. The molecule has 1 rings (SSSR count). The van der Waals surface area contributed by atoms with Crippen molar-refractivity contribution in [2.75, 3.05) is 12.8 Å². The van der Waals surface area contributed by atoms with E-state index in [4.69, 9.17) is 0 Å². The lowest BCUT2D eigenvalue weighted by Gasteiger charge is -2.13. The van der Waals surface area contributed by atoms with Gasteiger partial charge in [-0.15, -0.1) is 0 Å². The fourth-order valence-corrected chi connectivity index (χ4v) is 2.08. The molecule has 0 aromatic carbocycles. The van der Waals surface area contributed by atoms with Crippen molar-refractivity contribution < 1.29 is 0 Å². The monoisotopic (exact) mass is 189 g/mol. The van der Waals surface area contributed by atoms with E-state index in [0.29, 0.717) is 0 Å². The molecular formula is C10H23NS. The van der Waals surface area contributed by atoms with Gasteiger partial charge in [0, 0.05) is 17.8 Å². The summed E-state index contributed by atoms with van der Waals surface area (Å²) in [5.41, 5.74) is 0. The molecule has 0 aromatic rings. The fourth-order valence-electron chi connectivity index (χ4n) is 1.42. The zero-order chi connectivity index (χ0) is 9.56. The van der Waals surface area contributed by atoms with E-state index in [9.17, 15) is 0 Å². The molecule has 1 fully saturated rings. The minimum absolute atomic E-state index is 0.775. The normalized spacial score (nSPS) is 28.5. The molecule has 74 valence electrons. The van der Waals surface area contributed by atoms with Crippen LogP contribution in [0.15, 0.2) is 0 Å². The predicted molar refractivity (Wildman–Crippen MR) is 59.9 cm³/mol. The van der Waals surface area contributed by atoms with Crippen LogP contribution in [0.4, 0.5) is 0 Å². The third-order valence-corrected chi connectivity index (χ3v) is 3.29. The van der Waals surface area contributed by atoms with Gasteiger partial charge in [-0.05, 0) is 18.6 Å². The molecule has 12 heavy (non-hydrogen) atoms. The van der Waals surface area contributed by atoms with E-state index in [2.05, 4.69) is 25.4 Å². The molecule has 1 nitrogen and oxygen atoms in total. The lowest BCUT2D eigenvalue weighted by atomic mass is 10.0. The van der Waals surface area contributed by atoms with Crippen molar-refractivity contribution in [1.29, 1.82) is 0 Å². The quantitative estimate of drug-likeness (QED) is 0.717. The Balaban J connectivity index is 0.000000561. The Morgan fingerprint density at radius 3 is 2.17 bits per heavy atom. The molecule has 0 amide bonds. The van der Waals surface area contributed by atoms with E-state index < -0.39 is 0 Å². The molecule has 0 saturated carbocycles. The molecule has 2 unspecified atom stereocenters. The number of thioether (sulfide) groups is 1. The van der Waals surface area contributed by atoms with Crippen LogP contribution in [0.5, 0.6) is 0 Å². The van der Waals surface area contributed by atoms with E-state index in [1.165, 1.54) is 13.0 Å². The van der Waals surface area contributed by atoms with Crippen molar-refractivity contribution in [2.24, 2.45) is 5.92 Å². The Morgan fingerprint density at radius 1 is 1.33 bits per heavy atom. The number of hydrogen-bond donors (Lipinski definition) is 1. The first kappa shape index (κ1) is 12.3. The van der Waals surface area contributed by atoms with Gasteiger partial charge in [0.25, 0.3) is 0 Å². The van der Waals surface area contributed by atoms with E-state index in [1.54, 1.807) is 0 Å². The van der Waals surface area contributed by atoms with E-state index >= 15 is 0 Å². The van der Waals surface area contributed by atoms with Crippen LogP contribution in [-0.2, 0) is 0 Å². The van der Waals surface area contributed by atoms with Crippen molar-refractivity contribution >= 4 is 11.8 Å². The van der Waals surface area contributed by atoms with Gasteiger partial charge in [0.15, 0.2) is 0 Å². The largest absolute Gasteiger partial charge is 0.313 e. The van der Waals surface area contributed by atoms with E-state index in [-0.39, 0.29) is 0 Å². The van der Waals surface area contributed by atoms with Crippen molar-refractivity contribution in [3.8, 4) is 0 Å². The summed E-state index contributed by atoms with van der Waals surface area (Å²) < 4.78 is 0. The molecule has 0 bridgehead atoms. The van der Waals surface area contributed by atoms with Crippen LogP contribution < -0.4 is 5.32 Å². The molecule has 1 aliphatic heterocycles. The maximum Gasteiger partial charge on any atom is 0.0184 e. The molecule has 2 atom stereocenters. The van der Waals surface area contributed by atoms with Gasteiger partial charge in [0.05, 0.1) is 0 Å². The predicted octanol–water partition coefficient (Wildman–Crippen LogP) is 2.76. The Bertz CT molecular complexity index is 104. The zero-order valence-electron chi connectivity index (χ0n) is 9.05. The highest BCUT2D eigenvalue weighted by molar-refractivity contribution is 7.99. The van der Waals surface area contributed by atoms with Crippen LogP contribution in [0.25, 0.3) is 0 Å². The maximum absolute atomic E-state index is 3.54. The average Bonchev–Trinajstić information content (AvgIpc) is 2.55. The number of rotatable bonds is 2. The van der Waals surface area contributed by atoms with Crippen molar-refractivity contribution in [3.05, 3.63) is 0 Å². The lowest BCUT2D eigenvalue weighted by molar-refractivity contribution is 0.453. The molecule has 2 heteroatoms. The Labute approximate surface area is 81.7 Å². The van der Waals surface area contributed by atoms with Crippen molar-refractivity contribution in [2.45, 2.75) is 45.4 Å². The van der Waals surface area contributed by atoms with Crippen molar-refractivity contribution in [1.82, 2.24) is 5.32 Å². The lowest BCUT2D eigenvalue weighted by Crippen LogP contribution is -2.26. The van der Waals surface area contributed by atoms with Crippen LogP contribution in [0.3, 0.4) is 0 Å². The highest BCUT2D eigenvalue weighted by Gasteiger charge is 2.24. The van der Waals surface area contributed by atoms with Crippen LogP contribution in [-0.4, -0.2) is 24.1 Å². The van der Waals surface area contributed by atoms with Gasteiger partial charge in [-0.1, -0.05) is 27.7 Å².